The van der Waals surface area contributed by atoms with Crippen molar-refractivity contribution in [2.24, 2.45) is 0 Å². The van der Waals surface area contributed by atoms with E-state index in [-0.39, 0.29) is 6.10 Å². The van der Waals surface area contributed by atoms with Gasteiger partial charge in [-0.05, 0) is 37.8 Å². The highest BCUT2D eigenvalue weighted by Crippen LogP contribution is 2.24. The van der Waals surface area contributed by atoms with Crippen molar-refractivity contribution in [2.75, 3.05) is 25.0 Å². The van der Waals surface area contributed by atoms with Crippen LogP contribution in [-0.4, -0.2) is 35.8 Å². The number of anilines is 1. The maximum Gasteiger partial charge on any atom is 0.144 e. The molecule has 0 radical (unpaired) electrons. The standard InChI is InChI=1S/C14H20N4O/c1-10(19)9-16-5-6-17-14-12(8-15)7-11-3-2-4-13(11)18-14/h7,10,16,19H,2-6,9H2,1H3,(H,17,18). The van der Waals surface area contributed by atoms with Crippen LogP contribution in [0.15, 0.2) is 6.07 Å². The third-order valence-corrected chi connectivity index (χ3v) is 3.21. The van der Waals surface area contributed by atoms with Crippen molar-refractivity contribution < 1.29 is 5.11 Å². The van der Waals surface area contributed by atoms with Crippen LogP contribution in [0, 0.1) is 11.3 Å². The topological polar surface area (TPSA) is 81.0 Å². The number of nitriles is 1. The van der Waals surface area contributed by atoms with Crippen molar-refractivity contribution in [2.45, 2.75) is 32.3 Å². The number of nitrogens with one attached hydrogen (secondary N) is 2. The van der Waals surface area contributed by atoms with E-state index in [0.29, 0.717) is 24.5 Å². The minimum atomic E-state index is -0.340. The van der Waals surface area contributed by atoms with E-state index in [1.807, 2.05) is 6.07 Å². The lowest BCUT2D eigenvalue weighted by Gasteiger charge is -2.11. The van der Waals surface area contributed by atoms with Crippen LogP contribution in [0.3, 0.4) is 0 Å². The quantitative estimate of drug-likeness (QED) is 0.660. The Morgan fingerprint density at radius 1 is 1.47 bits per heavy atom. The van der Waals surface area contributed by atoms with Gasteiger partial charge in [0, 0.05) is 25.3 Å². The normalized spacial score (nSPS) is 14.8. The van der Waals surface area contributed by atoms with Crippen molar-refractivity contribution >= 4 is 5.82 Å². The highest BCUT2D eigenvalue weighted by molar-refractivity contribution is 5.55. The Bertz CT molecular complexity index is 479. The lowest BCUT2D eigenvalue weighted by Crippen LogP contribution is -2.29. The number of aromatic nitrogens is 1. The lowest BCUT2D eigenvalue weighted by molar-refractivity contribution is 0.192. The van der Waals surface area contributed by atoms with Gasteiger partial charge in [0.1, 0.15) is 11.9 Å². The van der Waals surface area contributed by atoms with Gasteiger partial charge in [0.2, 0.25) is 0 Å². The molecule has 1 aliphatic carbocycles. The van der Waals surface area contributed by atoms with Crippen molar-refractivity contribution in [3.63, 3.8) is 0 Å². The first-order chi connectivity index (χ1) is 9.20. The third kappa shape index (κ3) is 3.66. The van der Waals surface area contributed by atoms with Crippen LogP contribution >= 0.6 is 0 Å². The summed E-state index contributed by atoms with van der Waals surface area (Å²) in [6.07, 6.45) is 2.84. The van der Waals surface area contributed by atoms with Gasteiger partial charge in [-0.3, -0.25) is 0 Å². The summed E-state index contributed by atoms with van der Waals surface area (Å²) in [6, 6.07) is 4.16. The largest absolute Gasteiger partial charge is 0.392 e. The average Bonchev–Trinajstić information content (AvgIpc) is 2.83. The molecule has 1 heterocycles. The van der Waals surface area contributed by atoms with E-state index in [2.05, 4.69) is 21.7 Å². The van der Waals surface area contributed by atoms with E-state index in [0.717, 1.165) is 31.5 Å². The number of hydrogen-bond donors (Lipinski definition) is 3. The van der Waals surface area contributed by atoms with E-state index in [4.69, 9.17) is 10.4 Å². The molecule has 1 atom stereocenters. The fourth-order valence-corrected chi connectivity index (χ4v) is 2.27. The zero-order valence-corrected chi connectivity index (χ0v) is 11.2. The van der Waals surface area contributed by atoms with E-state index in [1.165, 1.54) is 5.56 Å². The summed E-state index contributed by atoms with van der Waals surface area (Å²) in [4.78, 5) is 4.55. The SMILES string of the molecule is CC(O)CNCCNc1nc2c(cc1C#N)CCC2. The van der Waals surface area contributed by atoms with Crippen LogP contribution in [0.1, 0.15) is 30.2 Å². The van der Waals surface area contributed by atoms with Crippen LogP contribution in [0.25, 0.3) is 0 Å². The van der Waals surface area contributed by atoms with Gasteiger partial charge in [-0.1, -0.05) is 0 Å². The molecule has 3 N–H and O–H groups in total. The Hall–Kier alpha value is -1.64. The van der Waals surface area contributed by atoms with Gasteiger partial charge in [0.05, 0.1) is 11.7 Å². The number of pyridine rings is 1. The smallest absolute Gasteiger partial charge is 0.144 e. The molecule has 0 saturated heterocycles. The fraction of sp³-hybridized carbons (Fsp3) is 0.571. The van der Waals surface area contributed by atoms with E-state index < -0.39 is 0 Å². The first-order valence-electron chi connectivity index (χ1n) is 6.76. The van der Waals surface area contributed by atoms with Crippen LogP contribution in [0.4, 0.5) is 5.82 Å². The van der Waals surface area contributed by atoms with E-state index in [9.17, 15) is 0 Å². The molecule has 19 heavy (non-hydrogen) atoms. The molecule has 0 saturated carbocycles. The first-order valence-corrected chi connectivity index (χ1v) is 6.76. The molecular weight excluding hydrogens is 240 g/mol. The lowest BCUT2D eigenvalue weighted by atomic mass is 10.1. The summed E-state index contributed by atoms with van der Waals surface area (Å²) in [5, 5.41) is 24.6. The number of hydrogen-bond acceptors (Lipinski definition) is 5. The summed E-state index contributed by atoms with van der Waals surface area (Å²) in [7, 11) is 0. The maximum absolute atomic E-state index is 9.15. The molecule has 2 rings (SSSR count). The molecule has 1 unspecified atom stereocenters. The molecule has 5 nitrogen and oxygen atoms in total. The molecule has 1 aromatic heterocycles. The highest BCUT2D eigenvalue weighted by atomic mass is 16.3. The fourth-order valence-electron chi connectivity index (χ4n) is 2.27. The van der Waals surface area contributed by atoms with Crippen LogP contribution in [0.2, 0.25) is 0 Å². The second-order valence-corrected chi connectivity index (χ2v) is 4.94. The van der Waals surface area contributed by atoms with Crippen molar-refractivity contribution in [1.29, 1.82) is 5.26 Å². The second kappa shape index (κ2) is 6.50. The third-order valence-electron chi connectivity index (χ3n) is 3.21. The van der Waals surface area contributed by atoms with E-state index >= 15 is 0 Å². The number of nitrogens with zero attached hydrogens (tertiary/aromatic N) is 2. The van der Waals surface area contributed by atoms with Gasteiger partial charge in [-0.15, -0.1) is 0 Å². The number of aryl methyl sites for hydroxylation is 2. The number of aliphatic hydroxyl groups excluding tert-OH is 1. The van der Waals surface area contributed by atoms with Gasteiger partial charge in [0.25, 0.3) is 0 Å². The number of rotatable bonds is 6. The molecule has 0 bridgehead atoms. The summed E-state index contributed by atoms with van der Waals surface area (Å²) >= 11 is 0. The van der Waals surface area contributed by atoms with Crippen LogP contribution < -0.4 is 10.6 Å². The Morgan fingerprint density at radius 3 is 3.05 bits per heavy atom. The van der Waals surface area contributed by atoms with Gasteiger partial charge in [-0.2, -0.15) is 5.26 Å². The predicted octanol–water partition coefficient (Wildman–Crippen LogP) is 0.824. The monoisotopic (exact) mass is 260 g/mol. The van der Waals surface area contributed by atoms with Gasteiger partial charge in [-0.25, -0.2) is 4.98 Å². The van der Waals surface area contributed by atoms with Crippen LogP contribution in [0.5, 0.6) is 0 Å². The van der Waals surface area contributed by atoms with Crippen molar-refractivity contribution in [1.82, 2.24) is 10.3 Å². The summed E-state index contributed by atoms with van der Waals surface area (Å²) in [5.74, 6) is 0.682. The molecule has 0 aliphatic heterocycles. The first kappa shape index (κ1) is 13.8. The molecule has 1 aromatic rings. The molecule has 5 heteroatoms. The molecule has 1 aliphatic rings. The molecule has 0 aromatic carbocycles. The van der Waals surface area contributed by atoms with Gasteiger partial charge < -0.3 is 15.7 Å². The minimum Gasteiger partial charge on any atom is -0.392 e. The van der Waals surface area contributed by atoms with E-state index in [1.54, 1.807) is 6.92 Å². The Balaban J connectivity index is 1.91. The second-order valence-electron chi connectivity index (χ2n) is 4.94. The maximum atomic E-state index is 9.15. The molecule has 0 spiro atoms. The number of fused-ring (bicyclic) bond motifs is 1. The molecule has 0 amide bonds. The van der Waals surface area contributed by atoms with Crippen molar-refractivity contribution in [3.8, 4) is 6.07 Å². The minimum absolute atomic E-state index is 0.340. The Morgan fingerprint density at radius 2 is 2.32 bits per heavy atom. The zero-order valence-electron chi connectivity index (χ0n) is 11.2. The average molecular weight is 260 g/mol. The van der Waals surface area contributed by atoms with Gasteiger partial charge in [0.15, 0.2) is 0 Å². The molecule has 0 fully saturated rings. The Kier molecular flexibility index (Phi) is 4.72. The molecule has 102 valence electrons. The van der Waals surface area contributed by atoms with Crippen LogP contribution in [-0.2, 0) is 12.8 Å². The zero-order chi connectivity index (χ0) is 13.7. The molecular formula is C14H20N4O. The summed E-state index contributed by atoms with van der Waals surface area (Å²) in [5.41, 5.74) is 2.96. The van der Waals surface area contributed by atoms with Crippen molar-refractivity contribution in [3.05, 3.63) is 22.9 Å². The van der Waals surface area contributed by atoms with Gasteiger partial charge >= 0.3 is 0 Å². The predicted molar refractivity (Wildman–Crippen MR) is 74.0 cm³/mol. The Labute approximate surface area is 113 Å². The summed E-state index contributed by atoms with van der Waals surface area (Å²) in [6.45, 7) is 3.74. The summed E-state index contributed by atoms with van der Waals surface area (Å²) < 4.78 is 0. The highest BCUT2D eigenvalue weighted by Gasteiger charge is 2.15. The number of aliphatic hydroxyl groups is 1.